The Morgan fingerprint density at radius 3 is 2.73 bits per heavy atom. The number of rotatable bonds is 7. The van der Waals surface area contributed by atoms with Crippen LogP contribution in [-0.2, 0) is 19.4 Å². The lowest BCUT2D eigenvalue weighted by molar-refractivity contribution is -0.394. The van der Waals surface area contributed by atoms with Crippen molar-refractivity contribution < 1.29 is 24.2 Å². The first-order valence-electron chi connectivity index (χ1n) is 10.00. The highest BCUT2D eigenvalue weighted by molar-refractivity contribution is 7.16. The number of nitro groups is 2. The number of hydrogen-bond donors (Lipinski definition) is 2. The van der Waals surface area contributed by atoms with Gasteiger partial charge in [0, 0.05) is 22.7 Å². The summed E-state index contributed by atoms with van der Waals surface area (Å²) in [5.74, 6) is -0.488. The van der Waals surface area contributed by atoms with Crippen molar-refractivity contribution in [2.45, 2.75) is 32.2 Å². The Morgan fingerprint density at radius 1 is 1.24 bits per heavy atom. The third-order valence-electron chi connectivity index (χ3n) is 5.22. The molecule has 1 aromatic carbocycles. The molecule has 4 rings (SSSR count). The van der Waals surface area contributed by atoms with E-state index in [1.54, 1.807) is 12.1 Å². The normalized spacial score (nSPS) is 13.1. The number of nitrogens with zero attached hydrogens (tertiary/aromatic N) is 3. The van der Waals surface area contributed by atoms with Crippen LogP contribution in [0.4, 0.5) is 16.4 Å². The zero-order valence-corrected chi connectivity index (χ0v) is 18.0. The largest absolute Gasteiger partial charge is 0.502 e. The lowest BCUT2D eigenvalue weighted by atomic mass is 9.95. The van der Waals surface area contributed by atoms with Gasteiger partial charge >= 0.3 is 5.69 Å². The number of aromatic hydroxyl groups is 1. The van der Waals surface area contributed by atoms with Gasteiger partial charge in [0.15, 0.2) is 0 Å². The average Bonchev–Trinajstić information content (AvgIpc) is 3.44. The second-order valence-corrected chi connectivity index (χ2v) is 8.41. The summed E-state index contributed by atoms with van der Waals surface area (Å²) in [4.78, 5) is 39.0. The number of carbonyl (C=O) groups is 1. The van der Waals surface area contributed by atoms with Crippen LogP contribution < -0.4 is 5.32 Å². The van der Waals surface area contributed by atoms with Gasteiger partial charge in [-0.25, -0.2) is 4.99 Å². The number of hydrogen-bond acceptors (Lipinski definition) is 9. The summed E-state index contributed by atoms with van der Waals surface area (Å²) in [6, 6.07) is 5.13. The van der Waals surface area contributed by atoms with Crippen molar-refractivity contribution in [2.75, 3.05) is 0 Å². The molecule has 0 saturated carbocycles. The van der Waals surface area contributed by atoms with Gasteiger partial charge < -0.3 is 14.8 Å². The standard InChI is InChI=1S/C21H18N4O7S/c26-19-12(8-13(24(28)29)9-16(19)25(30)31)10-23-21-18(15-5-1-2-6-17(15)33-21)20(27)22-11-14-4-3-7-32-14/h3-4,7-10,26H,1-2,5-6,11H2,(H,22,27). The Morgan fingerprint density at radius 2 is 2.03 bits per heavy atom. The average molecular weight is 470 g/mol. The van der Waals surface area contributed by atoms with E-state index in [1.165, 1.54) is 17.6 Å². The van der Waals surface area contributed by atoms with Gasteiger partial charge in [0.1, 0.15) is 10.8 Å². The molecule has 12 heteroatoms. The Balaban J connectivity index is 1.71. The van der Waals surface area contributed by atoms with Gasteiger partial charge in [-0.3, -0.25) is 25.0 Å². The van der Waals surface area contributed by atoms with Crippen LogP contribution in [0.2, 0.25) is 0 Å². The van der Waals surface area contributed by atoms with Crippen molar-refractivity contribution in [2.24, 2.45) is 4.99 Å². The van der Waals surface area contributed by atoms with Crippen LogP contribution in [0.1, 0.15) is 45.0 Å². The summed E-state index contributed by atoms with van der Waals surface area (Å²) in [5.41, 5.74) is -0.235. The number of aliphatic imine (C=N–C) groups is 1. The van der Waals surface area contributed by atoms with Crippen molar-refractivity contribution in [3.63, 3.8) is 0 Å². The van der Waals surface area contributed by atoms with E-state index in [1.807, 2.05) is 0 Å². The molecule has 33 heavy (non-hydrogen) atoms. The summed E-state index contributed by atoms with van der Waals surface area (Å²) in [6.07, 6.45) is 6.06. The van der Waals surface area contributed by atoms with Crippen LogP contribution in [0.3, 0.4) is 0 Å². The van der Waals surface area contributed by atoms with E-state index in [4.69, 9.17) is 4.42 Å². The first kappa shape index (κ1) is 22.1. The molecular formula is C21H18N4O7S. The minimum Gasteiger partial charge on any atom is -0.502 e. The maximum atomic E-state index is 13.0. The molecule has 0 fully saturated rings. The van der Waals surface area contributed by atoms with E-state index in [0.717, 1.165) is 48.4 Å². The monoisotopic (exact) mass is 470 g/mol. The van der Waals surface area contributed by atoms with Gasteiger partial charge in [0.25, 0.3) is 11.6 Å². The van der Waals surface area contributed by atoms with Crippen LogP contribution >= 0.6 is 11.3 Å². The van der Waals surface area contributed by atoms with Crippen molar-refractivity contribution in [1.82, 2.24) is 5.32 Å². The number of nitro benzene ring substituents is 2. The number of phenols is 1. The number of non-ortho nitro benzene ring substituents is 1. The molecule has 3 aromatic rings. The van der Waals surface area contributed by atoms with Crippen molar-refractivity contribution in [3.05, 3.63) is 78.1 Å². The molecule has 1 aliphatic carbocycles. The number of benzene rings is 1. The maximum Gasteiger partial charge on any atom is 0.318 e. The third-order valence-corrected chi connectivity index (χ3v) is 6.42. The number of phenolic OH excluding ortho intramolecular Hbond substituents is 1. The van der Waals surface area contributed by atoms with Crippen LogP contribution in [0.5, 0.6) is 5.75 Å². The topological polar surface area (TPSA) is 161 Å². The van der Waals surface area contributed by atoms with Gasteiger partial charge in [0.05, 0.1) is 34.3 Å². The van der Waals surface area contributed by atoms with E-state index in [-0.39, 0.29) is 18.0 Å². The number of aryl methyl sites for hydroxylation is 1. The zero-order valence-electron chi connectivity index (χ0n) is 17.1. The van der Waals surface area contributed by atoms with Crippen molar-refractivity contribution in [3.8, 4) is 5.75 Å². The number of amides is 1. The zero-order chi connectivity index (χ0) is 23.5. The molecule has 170 valence electrons. The molecule has 0 radical (unpaired) electrons. The number of carbonyl (C=O) groups excluding carboxylic acids is 1. The smallest absolute Gasteiger partial charge is 0.318 e. The van der Waals surface area contributed by atoms with E-state index < -0.39 is 27.0 Å². The fourth-order valence-corrected chi connectivity index (χ4v) is 4.87. The molecule has 0 spiro atoms. The molecule has 11 nitrogen and oxygen atoms in total. The van der Waals surface area contributed by atoms with Crippen LogP contribution in [0.15, 0.2) is 39.9 Å². The Bertz CT molecular complexity index is 1260. The Hall–Kier alpha value is -4.06. The molecule has 2 aromatic heterocycles. The predicted molar refractivity (Wildman–Crippen MR) is 120 cm³/mol. The number of nitrogens with one attached hydrogen (secondary N) is 1. The van der Waals surface area contributed by atoms with Crippen molar-refractivity contribution in [1.29, 1.82) is 0 Å². The van der Waals surface area contributed by atoms with E-state index >= 15 is 0 Å². The second-order valence-electron chi connectivity index (χ2n) is 7.33. The van der Waals surface area contributed by atoms with Crippen molar-refractivity contribution >= 4 is 39.8 Å². The first-order chi connectivity index (χ1) is 15.8. The summed E-state index contributed by atoms with van der Waals surface area (Å²) in [7, 11) is 0. The number of thiophene rings is 1. The van der Waals surface area contributed by atoms with Crippen LogP contribution in [0.25, 0.3) is 0 Å². The molecule has 1 aliphatic rings. The molecular weight excluding hydrogens is 452 g/mol. The molecule has 1 amide bonds. The molecule has 0 saturated heterocycles. The summed E-state index contributed by atoms with van der Waals surface area (Å²) < 4.78 is 5.24. The lowest BCUT2D eigenvalue weighted by Gasteiger charge is -2.12. The first-order valence-corrected chi connectivity index (χ1v) is 10.8. The maximum absolute atomic E-state index is 13.0. The minimum atomic E-state index is -0.906. The quantitative estimate of drug-likeness (QED) is 0.293. The van der Waals surface area contributed by atoms with E-state index in [9.17, 15) is 30.1 Å². The van der Waals surface area contributed by atoms with Crippen LogP contribution in [0, 0.1) is 20.2 Å². The fraction of sp³-hybridized carbons (Fsp3) is 0.238. The summed E-state index contributed by atoms with van der Waals surface area (Å²) in [5, 5.41) is 35.8. The molecule has 0 unspecified atom stereocenters. The molecule has 2 heterocycles. The van der Waals surface area contributed by atoms with Gasteiger partial charge in [-0.15, -0.1) is 11.3 Å². The SMILES string of the molecule is O=C(NCc1ccco1)c1c(N=Cc2cc([N+](=O)[O-])cc([N+](=O)[O-])c2O)sc2c1CCCC2. The summed E-state index contributed by atoms with van der Waals surface area (Å²) in [6.45, 7) is 0.192. The Labute approximate surface area is 190 Å². The van der Waals surface area contributed by atoms with E-state index in [0.29, 0.717) is 22.4 Å². The van der Waals surface area contributed by atoms with Gasteiger partial charge in [-0.05, 0) is 43.4 Å². The van der Waals surface area contributed by atoms with Gasteiger partial charge in [-0.1, -0.05) is 0 Å². The highest BCUT2D eigenvalue weighted by atomic mass is 32.1. The highest BCUT2D eigenvalue weighted by Gasteiger charge is 2.26. The molecule has 0 aliphatic heterocycles. The fourth-order valence-electron chi connectivity index (χ4n) is 3.64. The molecule has 0 bridgehead atoms. The predicted octanol–water partition coefficient (Wildman–Crippen LogP) is 4.42. The minimum absolute atomic E-state index is 0.191. The lowest BCUT2D eigenvalue weighted by Crippen LogP contribution is -2.23. The highest BCUT2D eigenvalue weighted by Crippen LogP contribution is 2.40. The second kappa shape index (κ2) is 9.20. The molecule has 0 atom stereocenters. The van der Waals surface area contributed by atoms with Gasteiger partial charge in [-0.2, -0.15) is 0 Å². The van der Waals surface area contributed by atoms with Crippen LogP contribution in [-0.4, -0.2) is 27.1 Å². The van der Waals surface area contributed by atoms with E-state index in [2.05, 4.69) is 10.3 Å². The number of fused-ring (bicyclic) bond motifs is 1. The van der Waals surface area contributed by atoms with Gasteiger partial charge in [0.2, 0.25) is 5.75 Å². The number of furan rings is 1. The molecule has 2 N–H and O–H groups in total. The summed E-state index contributed by atoms with van der Waals surface area (Å²) >= 11 is 1.33. The Kier molecular flexibility index (Phi) is 6.18. The third kappa shape index (κ3) is 4.60.